The minimum Gasteiger partial charge on any atom is -0.464 e. The Hall–Kier alpha value is -1.84. The summed E-state index contributed by atoms with van der Waals surface area (Å²) in [5.74, 6) is 2.62. The van der Waals surface area contributed by atoms with E-state index in [9.17, 15) is 0 Å². The third-order valence-corrected chi connectivity index (χ3v) is 2.42. The van der Waals surface area contributed by atoms with Gasteiger partial charge in [0, 0.05) is 12.4 Å². The number of nitrogens with zero attached hydrogens (tertiary/aromatic N) is 2. The number of aryl methyl sites for hydroxylation is 2. The summed E-state index contributed by atoms with van der Waals surface area (Å²) in [7, 11) is 0. The van der Waals surface area contributed by atoms with Crippen LogP contribution in [0.15, 0.2) is 28.9 Å². The van der Waals surface area contributed by atoms with E-state index in [4.69, 9.17) is 4.42 Å². The molecule has 0 aliphatic rings. The van der Waals surface area contributed by atoms with Crippen LogP contribution in [0.4, 0.5) is 5.82 Å². The molecule has 0 bridgehead atoms. The Morgan fingerprint density at radius 3 is 2.56 bits per heavy atom. The van der Waals surface area contributed by atoms with E-state index in [1.165, 1.54) is 0 Å². The van der Waals surface area contributed by atoms with Gasteiger partial charge in [-0.05, 0) is 32.9 Å². The zero-order valence-corrected chi connectivity index (χ0v) is 9.69. The quantitative estimate of drug-likeness (QED) is 0.858. The average molecular weight is 217 g/mol. The molecule has 0 aliphatic heterocycles. The second-order valence-electron chi connectivity index (χ2n) is 3.80. The Balaban J connectivity index is 2.13. The molecule has 4 nitrogen and oxygen atoms in total. The van der Waals surface area contributed by atoms with Crippen molar-refractivity contribution in [3.05, 3.63) is 41.7 Å². The van der Waals surface area contributed by atoms with Crippen LogP contribution in [0.1, 0.15) is 30.2 Å². The summed E-state index contributed by atoms with van der Waals surface area (Å²) in [6.45, 7) is 5.89. The number of nitrogens with one attached hydrogen (secondary N) is 1. The third kappa shape index (κ3) is 2.21. The Bertz CT molecular complexity index is 479. The topological polar surface area (TPSA) is 51.0 Å². The average Bonchev–Trinajstić information content (AvgIpc) is 2.68. The summed E-state index contributed by atoms with van der Waals surface area (Å²) in [5, 5.41) is 3.27. The SMILES string of the molecule is Cc1ccc(C(C)Nc2nccnc2C)o1. The molecule has 2 aromatic rings. The molecule has 1 N–H and O–H groups in total. The number of rotatable bonds is 3. The molecule has 0 aliphatic carbocycles. The fourth-order valence-electron chi connectivity index (χ4n) is 1.51. The smallest absolute Gasteiger partial charge is 0.148 e. The van der Waals surface area contributed by atoms with Crippen molar-refractivity contribution in [1.29, 1.82) is 0 Å². The Kier molecular flexibility index (Phi) is 2.90. The van der Waals surface area contributed by atoms with Crippen LogP contribution in [0.25, 0.3) is 0 Å². The van der Waals surface area contributed by atoms with Crippen LogP contribution in [-0.2, 0) is 0 Å². The van der Waals surface area contributed by atoms with Gasteiger partial charge < -0.3 is 9.73 Å². The molecular formula is C12H15N3O. The molecule has 16 heavy (non-hydrogen) atoms. The van der Waals surface area contributed by atoms with Crippen molar-refractivity contribution in [3.8, 4) is 0 Å². The van der Waals surface area contributed by atoms with Gasteiger partial charge in [-0.2, -0.15) is 0 Å². The van der Waals surface area contributed by atoms with E-state index >= 15 is 0 Å². The first-order valence-corrected chi connectivity index (χ1v) is 5.27. The van der Waals surface area contributed by atoms with Gasteiger partial charge in [-0.25, -0.2) is 4.98 Å². The maximum Gasteiger partial charge on any atom is 0.148 e. The molecular weight excluding hydrogens is 202 g/mol. The normalized spacial score (nSPS) is 12.4. The van der Waals surface area contributed by atoms with Crippen LogP contribution in [0.2, 0.25) is 0 Å². The molecule has 0 fully saturated rings. The lowest BCUT2D eigenvalue weighted by atomic mass is 10.2. The van der Waals surface area contributed by atoms with E-state index in [2.05, 4.69) is 15.3 Å². The first-order valence-electron chi connectivity index (χ1n) is 5.27. The van der Waals surface area contributed by atoms with Gasteiger partial charge in [0.15, 0.2) is 0 Å². The van der Waals surface area contributed by atoms with E-state index in [0.717, 1.165) is 23.0 Å². The highest BCUT2D eigenvalue weighted by molar-refractivity contribution is 5.40. The van der Waals surface area contributed by atoms with Crippen LogP contribution < -0.4 is 5.32 Å². The van der Waals surface area contributed by atoms with E-state index in [1.807, 2.05) is 32.9 Å². The van der Waals surface area contributed by atoms with Crippen molar-refractivity contribution in [3.63, 3.8) is 0 Å². The maximum absolute atomic E-state index is 5.55. The maximum atomic E-state index is 5.55. The highest BCUT2D eigenvalue weighted by Crippen LogP contribution is 2.20. The molecule has 4 heteroatoms. The molecule has 1 atom stereocenters. The molecule has 0 saturated heterocycles. The van der Waals surface area contributed by atoms with Gasteiger partial charge in [-0.3, -0.25) is 4.98 Å². The van der Waals surface area contributed by atoms with Crippen LogP contribution in [-0.4, -0.2) is 9.97 Å². The monoisotopic (exact) mass is 217 g/mol. The van der Waals surface area contributed by atoms with Gasteiger partial charge in [0.1, 0.15) is 17.3 Å². The summed E-state index contributed by atoms with van der Waals surface area (Å²) in [4.78, 5) is 8.41. The Morgan fingerprint density at radius 1 is 1.19 bits per heavy atom. The lowest BCUT2D eigenvalue weighted by Gasteiger charge is -2.13. The van der Waals surface area contributed by atoms with Crippen molar-refractivity contribution in [2.75, 3.05) is 5.32 Å². The van der Waals surface area contributed by atoms with Crippen LogP contribution >= 0.6 is 0 Å². The fraction of sp³-hybridized carbons (Fsp3) is 0.333. The molecule has 0 aromatic carbocycles. The first kappa shape index (κ1) is 10.7. The Morgan fingerprint density at radius 2 is 1.94 bits per heavy atom. The van der Waals surface area contributed by atoms with Crippen LogP contribution in [0.5, 0.6) is 0 Å². The molecule has 1 unspecified atom stereocenters. The summed E-state index contributed by atoms with van der Waals surface area (Å²) in [5.41, 5.74) is 0.887. The largest absolute Gasteiger partial charge is 0.464 e. The fourth-order valence-corrected chi connectivity index (χ4v) is 1.51. The number of anilines is 1. The lowest BCUT2D eigenvalue weighted by Crippen LogP contribution is -2.08. The number of aromatic nitrogens is 2. The van der Waals surface area contributed by atoms with Gasteiger partial charge in [0.05, 0.1) is 11.7 Å². The van der Waals surface area contributed by atoms with Gasteiger partial charge >= 0.3 is 0 Å². The number of hydrogen-bond donors (Lipinski definition) is 1. The minimum absolute atomic E-state index is 0.0871. The highest BCUT2D eigenvalue weighted by Gasteiger charge is 2.11. The van der Waals surface area contributed by atoms with E-state index in [-0.39, 0.29) is 6.04 Å². The zero-order chi connectivity index (χ0) is 11.5. The van der Waals surface area contributed by atoms with Crippen molar-refractivity contribution >= 4 is 5.82 Å². The molecule has 0 amide bonds. The summed E-state index contributed by atoms with van der Waals surface area (Å²) in [6, 6.07) is 4.01. The Labute approximate surface area is 94.7 Å². The van der Waals surface area contributed by atoms with E-state index in [0.29, 0.717) is 0 Å². The predicted molar refractivity (Wildman–Crippen MR) is 62.3 cm³/mol. The molecule has 0 spiro atoms. The molecule has 0 radical (unpaired) electrons. The van der Waals surface area contributed by atoms with Gasteiger partial charge in [0.25, 0.3) is 0 Å². The molecule has 0 saturated carbocycles. The molecule has 2 rings (SSSR count). The van der Waals surface area contributed by atoms with E-state index < -0.39 is 0 Å². The second kappa shape index (κ2) is 4.35. The third-order valence-electron chi connectivity index (χ3n) is 2.42. The molecule has 84 valence electrons. The second-order valence-corrected chi connectivity index (χ2v) is 3.80. The minimum atomic E-state index is 0.0871. The van der Waals surface area contributed by atoms with Gasteiger partial charge in [-0.15, -0.1) is 0 Å². The number of furan rings is 1. The zero-order valence-electron chi connectivity index (χ0n) is 9.69. The summed E-state index contributed by atoms with van der Waals surface area (Å²) in [6.07, 6.45) is 3.36. The van der Waals surface area contributed by atoms with Crippen molar-refractivity contribution < 1.29 is 4.42 Å². The molecule has 2 heterocycles. The van der Waals surface area contributed by atoms with Crippen molar-refractivity contribution in [2.45, 2.75) is 26.8 Å². The van der Waals surface area contributed by atoms with Crippen LogP contribution in [0, 0.1) is 13.8 Å². The highest BCUT2D eigenvalue weighted by atomic mass is 16.3. The molecule has 2 aromatic heterocycles. The van der Waals surface area contributed by atoms with Crippen molar-refractivity contribution in [2.24, 2.45) is 0 Å². The standard InChI is InChI=1S/C12H15N3O/c1-8-4-5-11(16-8)9(2)15-12-10(3)13-6-7-14-12/h4-7,9H,1-3H3,(H,14,15). The van der Waals surface area contributed by atoms with Gasteiger partial charge in [-0.1, -0.05) is 0 Å². The summed E-state index contributed by atoms with van der Waals surface area (Å²) >= 11 is 0. The van der Waals surface area contributed by atoms with Gasteiger partial charge in [0.2, 0.25) is 0 Å². The van der Waals surface area contributed by atoms with Crippen LogP contribution in [0.3, 0.4) is 0 Å². The lowest BCUT2D eigenvalue weighted by molar-refractivity contribution is 0.466. The predicted octanol–water partition coefficient (Wildman–Crippen LogP) is 2.86. The summed E-state index contributed by atoms with van der Waals surface area (Å²) < 4.78 is 5.55. The first-order chi connectivity index (χ1) is 7.66. The van der Waals surface area contributed by atoms with E-state index in [1.54, 1.807) is 12.4 Å². The van der Waals surface area contributed by atoms with Crippen molar-refractivity contribution in [1.82, 2.24) is 9.97 Å². The number of hydrogen-bond acceptors (Lipinski definition) is 4.